The number of anilines is 1. The molecular weight excluding hydrogens is 394 g/mol. The number of nitrogens with zero attached hydrogens (tertiary/aromatic N) is 2. The van der Waals surface area contributed by atoms with Gasteiger partial charge in [0.1, 0.15) is 0 Å². The first-order valence-corrected chi connectivity index (χ1v) is 10.5. The predicted octanol–water partition coefficient (Wildman–Crippen LogP) is 3.05. The Bertz CT molecular complexity index is 904. The van der Waals surface area contributed by atoms with Gasteiger partial charge >= 0.3 is 0 Å². The van der Waals surface area contributed by atoms with Gasteiger partial charge in [-0.1, -0.05) is 0 Å². The molecule has 0 aliphatic carbocycles. The predicted molar refractivity (Wildman–Crippen MR) is 121 cm³/mol. The topological polar surface area (TPSA) is 71.1 Å². The molecule has 2 amide bonds. The summed E-state index contributed by atoms with van der Waals surface area (Å²) in [4.78, 5) is 29.2. The van der Waals surface area contributed by atoms with Crippen molar-refractivity contribution in [2.45, 2.75) is 12.8 Å². The highest BCUT2D eigenvalue weighted by molar-refractivity contribution is 5.95. The van der Waals surface area contributed by atoms with Crippen molar-refractivity contribution in [1.82, 2.24) is 10.2 Å². The zero-order valence-electron chi connectivity index (χ0n) is 18.7. The fourth-order valence-electron chi connectivity index (χ4n) is 3.74. The lowest BCUT2D eigenvalue weighted by Gasteiger charge is -2.32. The minimum Gasteiger partial charge on any atom is -0.493 e. The van der Waals surface area contributed by atoms with Gasteiger partial charge in [-0.25, -0.2) is 0 Å². The third-order valence-electron chi connectivity index (χ3n) is 5.73. The number of piperidine rings is 1. The number of nitrogens with one attached hydrogen (secondary N) is 1. The van der Waals surface area contributed by atoms with E-state index in [4.69, 9.17) is 9.47 Å². The van der Waals surface area contributed by atoms with Crippen LogP contribution in [0.15, 0.2) is 42.5 Å². The van der Waals surface area contributed by atoms with E-state index in [1.54, 1.807) is 32.4 Å². The Labute approximate surface area is 183 Å². The summed E-state index contributed by atoms with van der Waals surface area (Å²) in [5.41, 5.74) is 2.32. The van der Waals surface area contributed by atoms with E-state index in [0.717, 1.165) is 18.5 Å². The number of likely N-dealkylation sites (tertiary alicyclic amines) is 1. The molecule has 1 saturated heterocycles. The molecule has 2 aromatic rings. The van der Waals surface area contributed by atoms with E-state index in [9.17, 15) is 9.59 Å². The van der Waals surface area contributed by atoms with Crippen molar-refractivity contribution in [2.24, 2.45) is 5.92 Å². The molecule has 1 aliphatic heterocycles. The minimum atomic E-state index is -0.138. The van der Waals surface area contributed by atoms with Crippen molar-refractivity contribution >= 4 is 17.5 Å². The van der Waals surface area contributed by atoms with E-state index in [0.29, 0.717) is 48.2 Å². The van der Waals surface area contributed by atoms with E-state index >= 15 is 0 Å². The maximum atomic E-state index is 12.8. The van der Waals surface area contributed by atoms with Crippen molar-refractivity contribution in [3.8, 4) is 11.5 Å². The van der Waals surface area contributed by atoms with Gasteiger partial charge in [0.05, 0.1) is 14.2 Å². The van der Waals surface area contributed by atoms with E-state index in [1.807, 2.05) is 48.2 Å². The first-order valence-electron chi connectivity index (χ1n) is 10.5. The van der Waals surface area contributed by atoms with Crippen LogP contribution in [0.2, 0.25) is 0 Å². The molecule has 1 fully saturated rings. The van der Waals surface area contributed by atoms with Crippen LogP contribution in [0.1, 0.15) is 33.6 Å². The third-order valence-corrected chi connectivity index (χ3v) is 5.73. The quantitative estimate of drug-likeness (QED) is 0.738. The summed E-state index contributed by atoms with van der Waals surface area (Å²) in [6.07, 6.45) is 1.74. The molecule has 0 unspecified atom stereocenters. The van der Waals surface area contributed by atoms with Crippen LogP contribution in [0.4, 0.5) is 5.69 Å². The minimum absolute atomic E-state index is 0.0677. The Hall–Kier alpha value is -3.22. The first kappa shape index (κ1) is 22.5. The van der Waals surface area contributed by atoms with Gasteiger partial charge in [0.25, 0.3) is 11.8 Å². The van der Waals surface area contributed by atoms with Crippen LogP contribution in [0.3, 0.4) is 0 Å². The lowest BCUT2D eigenvalue weighted by atomic mass is 9.96. The van der Waals surface area contributed by atoms with Crippen LogP contribution in [0, 0.1) is 5.92 Å². The molecule has 1 N–H and O–H groups in total. The number of hydrogen-bond acceptors (Lipinski definition) is 5. The molecule has 0 aromatic heterocycles. The molecule has 7 heteroatoms. The zero-order valence-corrected chi connectivity index (χ0v) is 18.7. The molecule has 0 spiro atoms. The van der Waals surface area contributed by atoms with Gasteiger partial charge in [0, 0.05) is 50.5 Å². The Morgan fingerprint density at radius 3 is 2.16 bits per heavy atom. The van der Waals surface area contributed by atoms with Gasteiger partial charge in [-0.3, -0.25) is 9.59 Å². The van der Waals surface area contributed by atoms with Crippen molar-refractivity contribution in [3.63, 3.8) is 0 Å². The van der Waals surface area contributed by atoms with Crippen molar-refractivity contribution < 1.29 is 19.1 Å². The summed E-state index contributed by atoms with van der Waals surface area (Å²) in [7, 11) is 7.07. The van der Waals surface area contributed by atoms with E-state index in [2.05, 4.69) is 5.32 Å². The number of methoxy groups -OCH3 is 2. The molecular formula is C24H31N3O4. The van der Waals surface area contributed by atoms with Crippen LogP contribution in [-0.2, 0) is 0 Å². The fraction of sp³-hybridized carbons (Fsp3) is 0.417. The van der Waals surface area contributed by atoms with Crippen LogP contribution in [0.5, 0.6) is 11.5 Å². The Balaban J connectivity index is 1.49. The Kier molecular flexibility index (Phi) is 7.39. The molecule has 1 heterocycles. The molecule has 0 saturated carbocycles. The molecule has 31 heavy (non-hydrogen) atoms. The van der Waals surface area contributed by atoms with Gasteiger partial charge in [-0.05, 0) is 61.2 Å². The largest absolute Gasteiger partial charge is 0.493 e. The van der Waals surface area contributed by atoms with Gasteiger partial charge < -0.3 is 24.6 Å². The maximum absolute atomic E-state index is 12.8. The first-order chi connectivity index (χ1) is 14.9. The number of ether oxygens (including phenoxy) is 2. The number of amides is 2. The lowest BCUT2D eigenvalue weighted by molar-refractivity contribution is 0.0684. The van der Waals surface area contributed by atoms with Gasteiger partial charge in [-0.2, -0.15) is 0 Å². The van der Waals surface area contributed by atoms with Gasteiger partial charge in [0.2, 0.25) is 0 Å². The number of carbonyl (C=O) groups excluding carboxylic acids is 2. The number of hydrogen-bond donors (Lipinski definition) is 1. The number of rotatable bonds is 7. The average molecular weight is 426 g/mol. The van der Waals surface area contributed by atoms with Crippen molar-refractivity contribution in [1.29, 1.82) is 0 Å². The fourth-order valence-corrected chi connectivity index (χ4v) is 3.74. The highest BCUT2D eigenvalue weighted by Crippen LogP contribution is 2.27. The second kappa shape index (κ2) is 10.2. The maximum Gasteiger partial charge on any atom is 0.253 e. The molecule has 0 bridgehead atoms. The second-order valence-corrected chi connectivity index (χ2v) is 7.96. The molecule has 1 aliphatic rings. The highest BCUT2D eigenvalue weighted by atomic mass is 16.5. The van der Waals surface area contributed by atoms with Crippen LogP contribution >= 0.6 is 0 Å². The number of benzene rings is 2. The zero-order chi connectivity index (χ0) is 22.4. The van der Waals surface area contributed by atoms with E-state index in [-0.39, 0.29) is 11.8 Å². The molecule has 0 radical (unpaired) electrons. The summed E-state index contributed by atoms with van der Waals surface area (Å²) in [5, 5.41) is 3.01. The Morgan fingerprint density at radius 2 is 1.58 bits per heavy atom. The average Bonchev–Trinajstić information content (AvgIpc) is 2.81. The lowest BCUT2D eigenvalue weighted by Crippen LogP contribution is -2.41. The van der Waals surface area contributed by atoms with E-state index < -0.39 is 0 Å². The van der Waals surface area contributed by atoms with Gasteiger partial charge in [-0.15, -0.1) is 0 Å². The third kappa shape index (κ3) is 5.48. The monoisotopic (exact) mass is 425 g/mol. The van der Waals surface area contributed by atoms with E-state index in [1.165, 1.54) is 0 Å². The number of carbonyl (C=O) groups is 2. The van der Waals surface area contributed by atoms with Crippen LogP contribution in [-0.4, -0.2) is 64.7 Å². The second-order valence-electron chi connectivity index (χ2n) is 7.96. The summed E-state index contributed by atoms with van der Waals surface area (Å²) < 4.78 is 10.5. The molecule has 3 rings (SSSR count). The molecule has 7 nitrogen and oxygen atoms in total. The van der Waals surface area contributed by atoms with Crippen molar-refractivity contribution in [2.75, 3.05) is 52.8 Å². The summed E-state index contributed by atoms with van der Waals surface area (Å²) in [6.45, 7) is 1.99. The normalized spacial score (nSPS) is 14.1. The van der Waals surface area contributed by atoms with Gasteiger partial charge in [0.15, 0.2) is 11.5 Å². The molecule has 0 atom stereocenters. The summed E-state index contributed by atoms with van der Waals surface area (Å²) >= 11 is 0. The van der Waals surface area contributed by atoms with Crippen molar-refractivity contribution in [3.05, 3.63) is 53.6 Å². The van der Waals surface area contributed by atoms with Crippen LogP contribution in [0.25, 0.3) is 0 Å². The smallest absolute Gasteiger partial charge is 0.253 e. The highest BCUT2D eigenvalue weighted by Gasteiger charge is 2.24. The van der Waals surface area contributed by atoms with Crippen LogP contribution < -0.4 is 19.7 Å². The summed E-state index contributed by atoms with van der Waals surface area (Å²) in [5.74, 6) is 1.40. The summed E-state index contributed by atoms with van der Waals surface area (Å²) in [6, 6.07) is 12.8. The SMILES string of the molecule is COc1ccc(C(=O)NCC2CCN(C(=O)c3ccc(N(C)C)cc3)CC2)cc1OC. The Morgan fingerprint density at radius 1 is 0.968 bits per heavy atom. The molecule has 166 valence electrons. The molecule has 2 aromatic carbocycles. The standard InChI is InChI=1S/C24H31N3O4/c1-26(2)20-8-5-18(6-9-20)24(29)27-13-11-17(12-14-27)16-25-23(28)19-7-10-21(30-3)22(15-19)31-4/h5-10,15,17H,11-14,16H2,1-4H3,(H,25,28).